The van der Waals surface area contributed by atoms with E-state index in [0.29, 0.717) is 32.6 Å². The zero-order chi connectivity index (χ0) is 15.3. The summed E-state index contributed by atoms with van der Waals surface area (Å²) in [6, 6.07) is 1.88. The van der Waals surface area contributed by atoms with Crippen molar-refractivity contribution in [2.45, 2.75) is 26.3 Å². The Balaban J connectivity index is 2.11. The van der Waals surface area contributed by atoms with Gasteiger partial charge in [0, 0.05) is 32.2 Å². The van der Waals surface area contributed by atoms with Crippen LogP contribution in [0.25, 0.3) is 0 Å². The number of amides is 1. The molecule has 4 N–H and O–H groups in total. The topological polar surface area (TPSA) is 110 Å². The minimum Gasteiger partial charge on any atom is -0.409 e. The molecule has 1 aliphatic rings. The van der Waals surface area contributed by atoms with Gasteiger partial charge in [-0.2, -0.15) is 0 Å². The number of aromatic nitrogens is 1. The molecule has 21 heavy (non-hydrogen) atoms. The first-order chi connectivity index (χ1) is 10.1. The highest BCUT2D eigenvalue weighted by Gasteiger charge is 2.44. The van der Waals surface area contributed by atoms with Gasteiger partial charge in [0.05, 0.1) is 0 Å². The standard InChI is InChI=1S/C14H20N4O3/c1-10-2-5-16-8-11(10)9-17-13(19)14(12(15)18-20)3-6-21-7-4-14/h2,5,8,20H,3-4,6-7,9H2,1H3,(H2,15,18)(H,17,19). The smallest absolute Gasteiger partial charge is 0.234 e. The summed E-state index contributed by atoms with van der Waals surface area (Å²) < 4.78 is 5.27. The molecule has 1 amide bonds. The van der Waals surface area contributed by atoms with Gasteiger partial charge in [-0.25, -0.2) is 0 Å². The molecule has 0 atom stereocenters. The first kappa shape index (κ1) is 15.2. The molecule has 0 radical (unpaired) electrons. The Hall–Kier alpha value is -2.15. The maximum absolute atomic E-state index is 12.5. The Bertz CT molecular complexity index is 539. The van der Waals surface area contributed by atoms with E-state index < -0.39 is 5.41 Å². The molecule has 0 aromatic carbocycles. The lowest BCUT2D eigenvalue weighted by atomic mass is 9.78. The molecule has 1 fully saturated rings. The third-order valence-corrected chi connectivity index (χ3v) is 3.97. The largest absolute Gasteiger partial charge is 0.409 e. The molecule has 1 aromatic heterocycles. The molecule has 1 aliphatic heterocycles. The number of carbonyl (C=O) groups excluding carboxylic acids is 1. The SMILES string of the molecule is Cc1ccncc1CNC(=O)C1(/C(N)=N/O)CCOCC1. The summed E-state index contributed by atoms with van der Waals surface area (Å²) in [4.78, 5) is 16.6. The van der Waals surface area contributed by atoms with Crippen LogP contribution in [0.1, 0.15) is 24.0 Å². The van der Waals surface area contributed by atoms with Crippen LogP contribution in [-0.2, 0) is 16.1 Å². The van der Waals surface area contributed by atoms with Gasteiger partial charge in [0.25, 0.3) is 0 Å². The summed E-state index contributed by atoms with van der Waals surface area (Å²) in [6.45, 7) is 3.14. The number of ether oxygens (including phenoxy) is 1. The number of hydrogen-bond donors (Lipinski definition) is 3. The van der Waals surface area contributed by atoms with E-state index in [1.807, 2.05) is 13.0 Å². The number of amidine groups is 1. The number of oxime groups is 1. The van der Waals surface area contributed by atoms with Crippen LogP contribution < -0.4 is 11.1 Å². The highest BCUT2D eigenvalue weighted by molar-refractivity contribution is 6.06. The summed E-state index contributed by atoms with van der Waals surface area (Å²) >= 11 is 0. The Labute approximate surface area is 123 Å². The molecule has 114 valence electrons. The van der Waals surface area contributed by atoms with Crippen LogP contribution in [0, 0.1) is 12.3 Å². The second-order valence-electron chi connectivity index (χ2n) is 5.16. The van der Waals surface area contributed by atoms with Crippen molar-refractivity contribution in [3.63, 3.8) is 0 Å². The quantitative estimate of drug-likeness (QED) is 0.325. The summed E-state index contributed by atoms with van der Waals surface area (Å²) in [6.07, 6.45) is 4.23. The van der Waals surface area contributed by atoms with Crippen LogP contribution in [0.15, 0.2) is 23.6 Å². The van der Waals surface area contributed by atoms with Crippen LogP contribution >= 0.6 is 0 Å². The van der Waals surface area contributed by atoms with Crippen LogP contribution in [0.4, 0.5) is 0 Å². The molecule has 0 unspecified atom stereocenters. The summed E-state index contributed by atoms with van der Waals surface area (Å²) in [5, 5.41) is 14.9. The van der Waals surface area contributed by atoms with Gasteiger partial charge in [-0.05, 0) is 37.0 Å². The monoisotopic (exact) mass is 292 g/mol. The molecule has 2 rings (SSSR count). The second kappa shape index (κ2) is 6.53. The van der Waals surface area contributed by atoms with E-state index in [-0.39, 0.29) is 11.7 Å². The van der Waals surface area contributed by atoms with Crippen LogP contribution in [0.3, 0.4) is 0 Å². The van der Waals surface area contributed by atoms with E-state index in [1.165, 1.54) is 0 Å². The van der Waals surface area contributed by atoms with Crippen molar-refractivity contribution < 1.29 is 14.7 Å². The van der Waals surface area contributed by atoms with E-state index >= 15 is 0 Å². The average molecular weight is 292 g/mol. The maximum atomic E-state index is 12.5. The zero-order valence-corrected chi connectivity index (χ0v) is 12.0. The van der Waals surface area contributed by atoms with Gasteiger partial charge in [-0.15, -0.1) is 0 Å². The lowest BCUT2D eigenvalue weighted by Gasteiger charge is -2.34. The molecule has 0 aliphatic carbocycles. The predicted octanol–water partition coefficient (Wildman–Crippen LogP) is 0.549. The van der Waals surface area contributed by atoms with Crippen LogP contribution in [0.5, 0.6) is 0 Å². The van der Waals surface area contributed by atoms with Gasteiger partial charge in [-0.1, -0.05) is 5.16 Å². The number of pyridine rings is 1. The molecule has 2 heterocycles. The second-order valence-corrected chi connectivity index (χ2v) is 5.16. The Morgan fingerprint density at radius 1 is 1.57 bits per heavy atom. The van der Waals surface area contributed by atoms with E-state index in [4.69, 9.17) is 15.7 Å². The number of hydrogen-bond acceptors (Lipinski definition) is 5. The highest BCUT2D eigenvalue weighted by atomic mass is 16.5. The number of nitrogens with zero attached hydrogens (tertiary/aromatic N) is 2. The summed E-state index contributed by atoms with van der Waals surface area (Å²) in [5.74, 6) is -0.310. The molecule has 1 saturated heterocycles. The van der Waals surface area contributed by atoms with Gasteiger partial charge in [0.15, 0.2) is 5.84 Å². The molecule has 1 aromatic rings. The van der Waals surface area contributed by atoms with Crippen molar-refractivity contribution in [2.75, 3.05) is 13.2 Å². The third kappa shape index (κ3) is 3.13. The van der Waals surface area contributed by atoms with E-state index in [1.54, 1.807) is 12.4 Å². The normalized spacial score (nSPS) is 18.2. The van der Waals surface area contributed by atoms with Gasteiger partial charge in [-0.3, -0.25) is 9.78 Å². The molecule has 0 saturated carbocycles. The Kier molecular flexibility index (Phi) is 4.74. The fourth-order valence-corrected chi connectivity index (χ4v) is 2.44. The lowest BCUT2D eigenvalue weighted by Crippen LogP contribution is -2.52. The number of nitrogens with one attached hydrogen (secondary N) is 1. The fourth-order valence-electron chi connectivity index (χ4n) is 2.44. The zero-order valence-electron chi connectivity index (χ0n) is 12.0. The van der Waals surface area contributed by atoms with Gasteiger partial charge in [0.2, 0.25) is 5.91 Å². The first-order valence-electron chi connectivity index (χ1n) is 6.84. The average Bonchev–Trinajstić information content (AvgIpc) is 2.53. The highest BCUT2D eigenvalue weighted by Crippen LogP contribution is 2.31. The number of rotatable bonds is 4. The number of carbonyl (C=O) groups is 1. The van der Waals surface area contributed by atoms with E-state index in [0.717, 1.165) is 11.1 Å². The van der Waals surface area contributed by atoms with Gasteiger partial charge in [0.1, 0.15) is 5.41 Å². The van der Waals surface area contributed by atoms with Crippen LogP contribution in [-0.4, -0.2) is 35.1 Å². The molecule has 0 bridgehead atoms. The molecule has 7 heteroatoms. The van der Waals surface area contributed by atoms with Crippen molar-refractivity contribution in [3.05, 3.63) is 29.6 Å². The number of aryl methyl sites for hydroxylation is 1. The van der Waals surface area contributed by atoms with Crippen molar-refractivity contribution in [1.29, 1.82) is 0 Å². The molecule has 7 nitrogen and oxygen atoms in total. The predicted molar refractivity (Wildman–Crippen MR) is 76.7 cm³/mol. The van der Waals surface area contributed by atoms with Crippen molar-refractivity contribution >= 4 is 11.7 Å². The minimum absolute atomic E-state index is 0.0637. The number of nitrogens with two attached hydrogens (primary N) is 1. The third-order valence-electron chi connectivity index (χ3n) is 3.97. The van der Waals surface area contributed by atoms with E-state index in [9.17, 15) is 4.79 Å². The van der Waals surface area contributed by atoms with Crippen molar-refractivity contribution in [1.82, 2.24) is 10.3 Å². The Morgan fingerprint density at radius 2 is 2.29 bits per heavy atom. The Morgan fingerprint density at radius 3 is 2.90 bits per heavy atom. The molecular formula is C14H20N4O3. The molecular weight excluding hydrogens is 272 g/mol. The van der Waals surface area contributed by atoms with Gasteiger partial charge >= 0.3 is 0 Å². The molecule has 0 spiro atoms. The summed E-state index contributed by atoms with van der Waals surface area (Å²) in [7, 11) is 0. The van der Waals surface area contributed by atoms with Crippen molar-refractivity contribution in [3.8, 4) is 0 Å². The lowest BCUT2D eigenvalue weighted by molar-refractivity contribution is -0.131. The van der Waals surface area contributed by atoms with Gasteiger partial charge < -0.3 is 21.0 Å². The maximum Gasteiger partial charge on any atom is 0.234 e. The summed E-state index contributed by atoms with van der Waals surface area (Å²) in [5.41, 5.74) is 6.75. The fraction of sp³-hybridized carbons (Fsp3) is 0.500. The van der Waals surface area contributed by atoms with Crippen molar-refractivity contribution in [2.24, 2.45) is 16.3 Å². The van der Waals surface area contributed by atoms with E-state index in [2.05, 4.69) is 15.5 Å². The van der Waals surface area contributed by atoms with Crippen LogP contribution in [0.2, 0.25) is 0 Å². The minimum atomic E-state index is -0.997. The first-order valence-corrected chi connectivity index (χ1v) is 6.84.